The third kappa shape index (κ3) is 5.33. The second kappa shape index (κ2) is 11.2. The largest absolute Gasteiger partial charge is 0.459 e. The van der Waals surface area contributed by atoms with Gasteiger partial charge in [-0.15, -0.1) is 0 Å². The van der Waals surface area contributed by atoms with Gasteiger partial charge < -0.3 is 25.0 Å². The lowest BCUT2D eigenvalue weighted by Crippen LogP contribution is -2.34. The fourth-order valence-corrected chi connectivity index (χ4v) is 3.88. The van der Waals surface area contributed by atoms with Gasteiger partial charge in [0, 0.05) is 13.6 Å². The Labute approximate surface area is 206 Å². The first-order valence-electron chi connectivity index (χ1n) is 11.2. The summed E-state index contributed by atoms with van der Waals surface area (Å²) < 4.78 is 26.0. The van der Waals surface area contributed by atoms with Crippen molar-refractivity contribution in [3.8, 4) is 0 Å². The molecule has 0 aliphatic carbocycles. The topological polar surface area (TPSA) is 131 Å². The number of halogens is 1. The molecule has 2 heterocycles. The van der Waals surface area contributed by atoms with Gasteiger partial charge in [0.25, 0.3) is 0 Å². The molecule has 10 nitrogen and oxygen atoms in total. The quantitative estimate of drug-likeness (QED) is 0.248. The van der Waals surface area contributed by atoms with E-state index in [9.17, 15) is 19.4 Å². The van der Waals surface area contributed by atoms with Crippen molar-refractivity contribution in [3.05, 3.63) is 83.6 Å². The van der Waals surface area contributed by atoms with Gasteiger partial charge in [-0.25, -0.2) is 19.2 Å². The predicted octanol–water partition coefficient (Wildman–Crippen LogP) is 2.00. The van der Waals surface area contributed by atoms with Gasteiger partial charge in [0.15, 0.2) is 17.9 Å². The number of hydrogen-bond acceptors (Lipinski definition) is 8. The Hall–Kier alpha value is -3.93. The van der Waals surface area contributed by atoms with Crippen molar-refractivity contribution in [3.63, 3.8) is 0 Å². The van der Waals surface area contributed by atoms with E-state index in [4.69, 9.17) is 9.47 Å². The van der Waals surface area contributed by atoms with Crippen molar-refractivity contribution in [1.29, 1.82) is 0 Å². The summed E-state index contributed by atoms with van der Waals surface area (Å²) in [4.78, 5) is 24.8. The van der Waals surface area contributed by atoms with Crippen LogP contribution in [-0.2, 0) is 16.0 Å². The van der Waals surface area contributed by atoms with Crippen molar-refractivity contribution in [2.45, 2.75) is 31.1 Å². The number of amidine groups is 1. The first kappa shape index (κ1) is 25.2. The molecule has 36 heavy (non-hydrogen) atoms. The average molecular weight is 496 g/mol. The van der Waals surface area contributed by atoms with Crippen molar-refractivity contribution in [2.75, 3.05) is 13.7 Å². The predicted molar refractivity (Wildman–Crippen MR) is 130 cm³/mol. The monoisotopic (exact) mass is 495 g/mol. The van der Waals surface area contributed by atoms with E-state index in [1.165, 1.54) is 23.0 Å². The summed E-state index contributed by atoms with van der Waals surface area (Å²) in [6, 6.07) is 14.5. The second-order valence-electron chi connectivity index (χ2n) is 8.05. The molecule has 3 aromatic rings. The second-order valence-corrected chi connectivity index (χ2v) is 8.05. The molecule has 1 aromatic heterocycles. The molecule has 188 valence electrons. The zero-order chi connectivity index (χ0) is 25.7. The Morgan fingerprint density at radius 2 is 2.00 bits per heavy atom. The van der Waals surface area contributed by atoms with Crippen molar-refractivity contribution < 1.29 is 28.9 Å². The molecule has 1 saturated heterocycles. The van der Waals surface area contributed by atoms with Crippen LogP contribution in [0.4, 0.5) is 10.2 Å². The van der Waals surface area contributed by atoms with Crippen LogP contribution in [0.3, 0.4) is 0 Å². The van der Waals surface area contributed by atoms with Gasteiger partial charge in [-0.3, -0.25) is 9.56 Å². The Kier molecular flexibility index (Phi) is 7.84. The van der Waals surface area contributed by atoms with Gasteiger partial charge in [-0.05, 0) is 36.5 Å². The summed E-state index contributed by atoms with van der Waals surface area (Å²) in [5, 5.41) is 24.3. The lowest BCUT2D eigenvalue weighted by molar-refractivity contribution is -0.0572. The third-order valence-electron chi connectivity index (χ3n) is 5.71. The molecule has 0 saturated carbocycles. The Morgan fingerprint density at radius 3 is 2.69 bits per heavy atom. The molecule has 1 aliphatic heterocycles. The Balaban J connectivity index is 1.46. The number of rotatable bonds is 8. The van der Waals surface area contributed by atoms with Crippen LogP contribution in [0.5, 0.6) is 0 Å². The van der Waals surface area contributed by atoms with E-state index in [1.54, 1.807) is 49.5 Å². The van der Waals surface area contributed by atoms with E-state index < -0.39 is 30.5 Å². The number of aromatic nitrogens is 2. The smallest absolute Gasteiger partial charge is 0.338 e. The van der Waals surface area contributed by atoms with Gasteiger partial charge in [0.1, 0.15) is 36.4 Å². The normalized spacial score (nSPS) is 21.8. The highest BCUT2D eigenvalue weighted by molar-refractivity contribution is 6.00. The fraction of sp³-hybridized carbons (Fsp3) is 0.280. The number of hydrogen-bond donors (Lipinski definition) is 3. The Bertz CT molecular complexity index is 1250. The summed E-state index contributed by atoms with van der Waals surface area (Å²) >= 11 is 0. The molecule has 4 atom stereocenters. The summed E-state index contributed by atoms with van der Waals surface area (Å²) in [6.45, 7) is 3.60. The minimum Gasteiger partial charge on any atom is -0.459 e. The van der Waals surface area contributed by atoms with Crippen LogP contribution >= 0.6 is 0 Å². The lowest BCUT2D eigenvalue weighted by atomic mass is 10.1. The first-order valence-corrected chi connectivity index (χ1v) is 11.2. The number of nitrogens with zero attached hydrogens (tertiary/aromatic N) is 4. The Morgan fingerprint density at radius 1 is 1.22 bits per heavy atom. The molecule has 0 amide bonds. The zero-order valence-corrected chi connectivity index (χ0v) is 19.5. The maximum Gasteiger partial charge on any atom is 0.338 e. The van der Waals surface area contributed by atoms with Crippen LogP contribution in [0.1, 0.15) is 27.8 Å². The van der Waals surface area contributed by atoms with Gasteiger partial charge in [-0.1, -0.05) is 30.3 Å². The SMILES string of the molecule is C=Nc1c(/C(=N\C)NCc2cccc(F)c2)ncn1[C@@H]1O[C@H](COC(=O)c2ccccc2)[C@@H](O)[C@H]1O. The number of imidazole rings is 1. The molecule has 0 spiro atoms. The summed E-state index contributed by atoms with van der Waals surface area (Å²) in [5.74, 6) is -0.324. The molecular formula is C25H26FN5O5. The van der Waals surface area contributed by atoms with Crippen LogP contribution in [-0.4, -0.2) is 70.3 Å². The van der Waals surface area contributed by atoms with E-state index in [-0.39, 0.29) is 24.8 Å². The summed E-state index contributed by atoms with van der Waals surface area (Å²) in [6.07, 6.45) is -3.34. The number of aliphatic hydroxyl groups is 2. The number of ether oxygens (including phenoxy) is 2. The highest BCUT2D eigenvalue weighted by atomic mass is 19.1. The molecule has 0 radical (unpaired) electrons. The standard InChI is InChI=1S/C25H26FN5O5/c1-27-22(29-12-15-7-6-10-17(26)11-15)19-23(28-2)31(14-30-19)24-21(33)20(32)18(36-24)13-35-25(34)16-8-4-3-5-9-16/h3-11,14,18,20-21,24,32-33H,2,12-13H2,1H3,(H,27,29)/t18-,20-,21-,24-/m1/s1. The summed E-state index contributed by atoms with van der Waals surface area (Å²) in [7, 11) is 1.56. The number of esters is 1. The minimum atomic E-state index is -1.35. The van der Waals surface area contributed by atoms with E-state index in [0.717, 1.165) is 0 Å². The molecule has 0 bridgehead atoms. The molecular weight excluding hydrogens is 469 g/mol. The number of aliphatic hydroxyl groups excluding tert-OH is 2. The number of nitrogens with one attached hydrogen (secondary N) is 1. The van der Waals surface area contributed by atoms with Gasteiger partial charge in [0.2, 0.25) is 0 Å². The number of benzene rings is 2. The molecule has 2 aromatic carbocycles. The van der Waals surface area contributed by atoms with Crippen molar-refractivity contribution in [2.24, 2.45) is 9.98 Å². The van der Waals surface area contributed by atoms with Crippen molar-refractivity contribution >= 4 is 24.3 Å². The first-order chi connectivity index (χ1) is 17.4. The average Bonchev–Trinajstić information content (AvgIpc) is 3.44. The van der Waals surface area contributed by atoms with Gasteiger partial charge in [-0.2, -0.15) is 0 Å². The van der Waals surface area contributed by atoms with E-state index in [1.807, 2.05) is 0 Å². The maximum atomic E-state index is 13.5. The minimum absolute atomic E-state index is 0.237. The molecule has 4 rings (SSSR count). The molecule has 11 heteroatoms. The molecule has 3 N–H and O–H groups in total. The number of aliphatic imine (C=N–C) groups is 2. The van der Waals surface area contributed by atoms with Crippen LogP contribution in [0.25, 0.3) is 0 Å². The highest BCUT2D eigenvalue weighted by Gasteiger charge is 2.45. The van der Waals surface area contributed by atoms with E-state index in [2.05, 4.69) is 27.0 Å². The third-order valence-corrected chi connectivity index (χ3v) is 5.71. The van der Waals surface area contributed by atoms with Crippen molar-refractivity contribution in [1.82, 2.24) is 14.9 Å². The van der Waals surface area contributed by atoms with Crippen LogP contribution in [0, 0.1) is 5.82 Å². The molecule has 0 unspecified atom stereocenters. The van der Waals surface area contributed by atoms with E-state index >= 15 is 0 Å². The number of carbonyl (C=O) groups excluding carboxylic acids is 1. The van der Waals surface area contributed by atoms with Gasteiger partial charge >= 0.3 is 5.97 Å². The number of carbonyl (C=O) groups is 1. The van der Waals surface area contributed by atoms with Crippen LogP contribution < -0.4 is 5.32 Å². The van der Waals surface area contributed by atoms with Crippen LogP contribution in [0.15, 0.2) is 70.9 Å². The lowest BCUT2D eigenvalue weighted by Gasteiger charge is -2.18. The van der Waals surface area contributed by atoms with Gasteiger partial charge in [0.05, 0.1) is 11.9 Å². The van der Waals surface area contributed by atoms with E-state index in [0.29, 0.717) is 22.7 Å². The molecule has 1 aliphatic rings. The maximum absolute atomic E-state index is 13.5. The molecule has 1 fully saturated rings. The fourth-order valence-electron chi connectivity index (χ4n) is 3.88. The zero-order valence-electron chi connectivity index (χ0n) is 19.5. The van der Waals surface area contributed by atoms with Crippen LogP contribution in [0.2, 0.25) is 0 Å². The highest BCUT2D eigenvalue weighted by Crippen LogP contribution is 2.34. The summed E-state index contributed by atoms with van der Waals surface area (Å²) in [5.41, 5.74) is 1.39.